The zero-order valence-electron chi connectivity index (χ0n) is 11.0. The van der Waals surface area contributed by atoms with Gasteiger partial charge >= 0.3 is 0 Å². The number of nitriles is 1. The van der Waals surface area contributed by atoms with E-state index in [9.17, 15) is 10.1 Å². The summed E-state index contributed by atoms with van der Waals surface area (Å²) in [6.07, 6.45) is 5.87. The van der Waals surface area contributed by atoms with Crippen LogP contribution in [0.1, 0.15) is 53.8 Å². The van der Waals surface area contributed by atoms with Gasteiger partial charge < -0.3 is 5.32 Å². The third-order valence-corrected chi connectivity index (χ3v) is 5.74. The zero-order chi connectivity index (χ0) is 13.9. The molecule has 0 aliphatic heterocycles. The summed E-state index contributed by atoms with van der Waals surface area (Å²) in [5, 5.41) is 12.4. The van der Waals surface area contributed by atoms with Gasteiger partial charge in [0.25, 0.3) is 5.91 Å². The Balaban J connectivity index is 2.13. The molecule has 1 heterocycles. The number of nitrogens with zero attached hydrogens (tertiary/aromatic N) is 1. The zero-order valence-corrected chi connectivity index (χ0v) is 13.4. The number of nitrogens with one attached hydrogen (secondary N) is 1. The van der Waals surface area contributed by atoms with E-state index in [0.717, 1.165) is 47.9 Å². The van der Waals surface area contributed by atoms with Crippen molar-refractivity contribution < 1.29 is 4.79 Å². The number of thiophene rings is 1. The molecule has 1 aromatic rings. The highest BCUT2D eigenvalue weighted by molar-refractivity contribution is 9.11. The standard InChI is InChI=1S/C14H17BrN2OS/c1-10-8-11(19-12(10)15)13(18)17-14(9-16)6-4-2-3-5-7-14/h8H,2-7H2,1H3,(H,17,18). The highest BCUT2D eigenvalue weighted by Gasteiger charge is 2.33. The van der Waals surface area contributed by atoms with E-state index in [2.05, 4.69) is 27.3 Å². The lowest BCUT2D eigenvalue weighted by Crippen LogP contribution is -2.46. The number of rotatable bonds is 2. The molecule has 0 radical (unpaired) electrons. The molecule has 1 fully saturated rings. The van der Waals surface area contributed by atoms with Crippen molar-refractivity contribution in [3.8, 4) is 6.07 Å². The lowest BCUT2D eigenvalue weighted by Gasteiger charge is -2.25. The number of hydrogen-bond acceptors (Lipinski definition) is 3. The molecule has 1 aromatic heterocycles. The summed E-state index contributed by atoms with van der Waals surface area (Å²) in [4.78, 5) is 13.0. The lowest BCUT2D eigenvalue weighted by atomic mass is 9.92. The van der Waals surface area contributed by atoms with Gasteiger partial charge in [-0.2, -0.15) is 5.26 Å². The monoisotopic (exact) mass is 340 g/mol. The lowest BCUT2D eigenvalue weighted by molar-refractivity contribution is 0.0917. The van der Waals surface area contributed by atoms with Crippen molar-refractivity contribution in [3.05, 3.63) is 20.3 Å². The molecule has 1 aliphatic carbocycles. The van der Waals surface area contributed by atoms with Crippen LogP contribution in [0.3, 0.4) is 0 Å². The van der Waals surface area contributed by atoms with Crippen molar-refractivity contribution in [1.29, 1.82) is 5.26 Å². The van der Waals surface area contributed by atoms with Crippen molar-refractivity contribution in [3.63, 3.8) is 0 Å². The molecule has 0 saturated heterocycles. The first-order chi connectivity index (χ1) is 9.06. The number of halogens is 1. The van der Waals surface area contributed by atoms with E-state index in [1.165, 1.54) is 11.3 Å². The SMILES string of the molecule is Cc1cc(C(=O)NC2(C#N)CCCCCC2)sc1Br. The van der Waals surface area contributed by atoms with Gasteiger partial charge in [-0.05, 0) is 47.3 Å². The molecule has 2 rings (SSSR count). The van der Waals surface area contributed by atoms with Crippen LogP contribution in [-0.4, -0.2) is 11.4 Å². The Hall–Kier alpha value is -0.860. The smallest absolute Gasteiger partial charge is 0.262 e. The molecule has 19 heavy (non-hydrogen) atoms. The van der Waals surface area contributed by atoms with Gasteiger partial charge in [-0.1, -0.05) is 25.7 Å². The molecule has 0 bridgehead atoms. The third kappa shape index (κ3) is 3.37. The van der Waals surface area contributed by atoms with Crippen LogP contribution in [0.25, 0.3) is 0 Å². The van der Waals surface area contributed by atoms with E-state index in [-0.39, 0.29) is 5.91 Å². The Kier molecular flexibility index (Phi) is 4.64. The first-order valence-corrected chi connectivity index (χ1v) is 8.17. The molecule has 1 N–H and O–H groups in total. The molecule has 0 aromatic carbocycles. The first kappa shape index (κ1) is 14.5. The summed E-state index contributed by atoms with van der Waals surface area (Å²) in [5.74, 6) is -0.123. The highest BCUT2D eigenvalue weighted by Crippen LogP contribution is 2.30. The molecular weight excluding hydrogens is 324 g/mol. The fraction of sp³-hybridized carbons (Fsp3) is 0.571. The van der Waals surface area contributed by atoms with E-state index < -0.39 is 5.54 Å². The van der Waals surface area contributed by atoms with Gasteiger partial charge in [-0.3, -0.25) is 4.79 Å². The summed E-state index contributed by atoms with van der Waals surface area (Å²) < 4.78 is 0.976. The van der Waals surface area contributed by atoms with Gasteiger partial charge in [-0.15, -0.1) is 11.3 Å². The van der Waals surface area contributed by atoms with Crippen molar-refractivity contribution in [2.75, 3.05) is 0 Å². The summed E-state index contributed by atoms with van der Waals surface area (Å²) in [5.41, 5.74) is 0.389. The minimum Gasteiger partial charge on any atom is -0.333 e. The summed E-state index contributed by atoms with van der Waals surface area (Å²) in [7, 11) is 0. The van der Waals surface area contributed by atoms with E-state index in [0.29, 0.717) is 4.88 Å². The van der Waals surface area contributed by atoms with Gasteiger partial charge in [0.05, 0.1) is 14.7 Å². The highest BCUT2D eigenvalue weighted by atomic mass is 79.9. The predicted octanol–water partition coefficient (Wildman–Crippen LogP) is 4.17. The van der Waals surface area contributed by atoms with Crippen LogP contribution in [0.15, 0.2) is 9.85 Å². The van der Waals surface area contributed by atoms with E-state index in [1.54, 1.807) is 0 Å². The average Bonchev–Trinajstić information content (AvgIpc) is 2.62. The van der Waals surface area contributed by atoms with Crippen molar-refractivity contribution in [1.82, 2.24) is 5.32 Å². The number of carbonyl (C=O) groups is 1. The van der Waals surface area contributed by atoms with Crippen LogP contribution in [0, 0.1) is 18.3 Å². The van der Waals surface area contributed by atoms with Crippen LogP contribution in [0.4, 0.5) is 0 Å². The number of carbonyl (C=O) groups excluding carboxylic acids is 1. The van der Waals surface area contributed by atoms with Crippen molar-refractivity contribution >= 4 is 33.2 Å². The quantitative estimate of drug-likeness (QED) is 0.821. The van der Waals surface area contributed by atoms with E-state index in [4.69, 9.17) is 0 Å². The van der Waals surface area contributed by atoms with Gasteiger partial charge in [0.2, 0.25) is 0 Å². The van der Waals surface area contributed by atoms with Crippen LogP contribution < -0.4 is 5.32 Å². The number of amides is 1. The molecule has 1 aliphatic rings. The van der Waals surface area contributed by atoms with Gasteiger partial charge in [0, 0.05) is 0 Å². The summed E-state index contributed by atoms with van der Waals surface area (Å²) in [6.45, 7) is 1.96. The second kappa shape index (κ2) is 6.06. The van der Waals surface area contributed by atoms with Crippen LogP contribution in [-0.2, 0) is 0 Å². The Morgan fingerprint density at radius 1 is 1.42 bits per heavy atom. The fourth-order valence-corrected chi connectivity index (χ4v) is 3.88. The third-order valence-electron chi connectivity index (χ3n) is 3.60. The van der Waals surface area contributed by atoms with Crippen LogP contribution >= 0.6 is 27.3 Å². The van der Waals surface area contributed by atoms with Crippen molar-refractivity contribution in [2.24, 2.45) is 0 Å². The molecule has 5 heteroatoms. The fourth-order valence-electron chi connectivity index (χ4n) is 2.45. The Bertz CT molecular complexity index is 491. The molecule has 0 spiro atoms. The minimum absolute atomic E-state index is 0.123. The first-order valence-electron chi connectivity index (χ1n) is 6.56. The maximum atomic E-state index is 12.3. The Labute approximate surface area is 126 Å². The molecule has 3 nitrogen and oxygen atoms in total. The second-order valence-electron chi connectivity index (χ2n) is 5.13. The van der Waals surface area contributed by atoms with Crippen LogP contribution in [0.2, 0.25) is 0 Å². The maximum Gasteiger partial charge on any atom is 0.262 e. The topological polar surface area (TPSA) is 52.9 Å². The van der Waals surface area contributed by atoms with Crippen LogP contribution in [0.5, 0.6) is 0 Å². The molecular formula is C14H17BrN2OS. The minimum atomic E-state index is -0.669. The van der Waals surface area contributed by atoms with Gasteiger partial charge in [-0.25, -0.2) is 0 Å². The predicted molar refractivity (Wildman–Crippen MR) is 80.3 cm³/mol. The van der Waals surface area contributed by atoms with Gasteiger partial charge in [0.15, 0.2) is 0 Å². The average molecular weight is 341 g/mol. The molecule has 1 saturated carbocycles. The Morgan fingerprint density at radius 2 is 2.05 bits per heavy atom. The maximum absolute atomic E-state index is 12.3. The molecule has 102 valence electrons. The molecule has 1 amide bonds. The number of aryl methyl sites for hydroxylation is 1. The molecule has 0 unspecified atom stereocenters. The van der Waals surface area contributed by atoms with E-state index in [1.807, 2.05) is 13.0 Å². The molecule has 0 atom stereocenters. The van der Waals surface area contributed by atoms with E-state index >= 15 is 0 Å². The summed E-state index contributed by atoms with van der Waals surface area (Å²) in [6, 6.07) is 4.21. The normalized spacial score (nSPS) is 18.4. The Morgan fingerprint density at radius 3 is 2.53 bits per heavy atom. The second-order valence-corrected chi connectivity index (χ2v) is 7.50. The van der Waals surface area contributed by atoms with Crippen molar-refractivity contribution in [2.45, 2.75) is 51.0 Å². The summed E-state index contributed by atoms with van der Waals surface area (Å²) >= 11 is 4.85. The number of hydrogen-bond donors (Lipinski definition) is 1. The van der Waals surface area contributed by atoms with Gasteiger partial charge in [0.1, 0.15) is 5.54 Å². The largest absolute Gasteiger partial charge is 0.333 e.